The topological polar surface area (TPSA) is 63.4 Å². The van der Waals surface area contributed by atoms with E-state index in [9.17, 15) is 8.42 Å². The zero-order chi connectivity index (χ0) is 14.8. The predicted molar refractivity (Wildman–Crippen MR) is 83.6 cm³/mol. The van der Waals surface area contributed by atoms with Crippen molar-refractivity contribution in [2.75, 3.05) is 12.8 Å². The molecule has 2 N–H and O–H groups in total. The normalized spacial score (nSPS) is 11.8. The fourth-order valence-electron chi connectivity index (χ4n) is 1.77. The van der Waals surface area contributed by atoms with Gasteiger partial charge in [-0.25, -0.2) is 8.42 Å². The van der Waals surface area contributed by atoms with Gasteiger partial charge < -0.3 is 5.73 Å². The van der Waals surface area contributed by atoms with Crippen LogP contribution in [0.2, 0.25) is 0 Å². The molecule has 0 bridgehead atoms. The first-order chi connectivity index (χ1) is 9.39. The molecule has 20 heavy (non-hydrogen) atoms. The van der Waals surface area contributed by atoms with Crippen molar-refractivity contribution in [2.45, 2.75) is 11.4 Å². The largest absolute Gasteiger partial charge is 0.399 e. The summed E-state index contributed by atoms with van der Waals surface area (Å²) in [5, 5.41) is 0. The standard InChI is InChI=1S/C14H15BrN2O2S/c1-17(10-11-5-7-13(16)8-6-11)20(18,19)14-4-2-3-12(15)9-14/h2-9H,10,16H2,1H3. The van der Waals surface area contributed by atoms with E-state index in [-0.39, 0.29) is 4.90 Å². The van der Waals surface area contributed by atoms with Crippen molar-refractivity contribution in [2.24, 2.45) is 0 Å². The van der Waals surface area contributed by atoms with E-state index in [4.69, 9.17) is 5.73 Å². The molecule has 0 unspecified atom stereocenters. The van der Waals surface area contributed by atoms with Crippen molar-refractivity contribution in [3.63, 3.8) is 0 Å². The molecule has 2 aromatic carbocycles. The number of halogens is 1. The molecule has 0 heterocycles. The van der Waals surface area contributed by atoms with E-state index >= 15 is 0 Å². The van der Waals surface area contributed by atoms with Crippen LogP contribution in [-0.2, 0) is 16.6 Å². The maximum absolute atomic E-state index is 12.4. The van der Waals surface area contributed by atoms with Crippen molar-refractivity contribution >= 4 is 31.6 Å². The molecule has 4 nitrogen and oxygen atoms in total. The fourth-order valence-corrected chi connectivity index (χ4v) is 3.53. The Hall–Kier alpha value is -1.37. The number of nitrogen functional groups attached to an aromatic ring is 1. The number of benzene rings is 2. The second-order valence-corrected chi connectivity index (χ2v) is 7.42. The van der Waals surface area contributed by atoms with Crippen LogP contribution in [0, 0.1) is 0 Å². The molecular formula is C14H15BrN2O2S. The zero-order valence-corrected chi connectivity index (χ0v) is 13.4. The first-order valence-electron chi connectivity index (χ1n) is 5.96. The number of hydrogen-bond donors (Lipinski definition) is 1. The van der Waals surface area contributed by atoms with Gasteiger partial charge in [-0.05, 0) is 35.9 Å². The van der Waals surface area contributed by atoms with E-state index in [0.29, 0.717) is 12.2 Å². The summed E-state index contributed by atoms with van der Waals surface area (Å²) in [6.45, 7) is 0.301. The summed E-state index contributed by atoms with van der Waals surface area (Å²) in [4.78, 5) is 0.268. The lowest BCUT2D eigenvalue weighted by atomic mass is 10.2. The smallest absolute Gasteiger partial charge is 0.243 e. The summed E-state index contributed by atoms with van der Waals surface area (Å²) >= 11 is 3.28. The van der Waals surface area contributed by atoms with Gasteiger partial charge in [0.05, 0.1) is 4.90 Å². The first kappa shape index (κ1) is 15.0. The molecule has 2 rings (SSSR count). The van der Waals surface area contributed by atoms with Crippen LogP contribution in [0.15, 0.2) is 57.9 Å². The second-order valence-electron chi connectivity index (χ2n) is 4.46. The number of nitrogens with two attached hydrogens (primary N) is 1. The van der Waals surface area contributed by atoms with E-state index in [1.54, 1.807) is 43.4 Å². The van der Waals surface area contributed by atoms with Crippen molar-refractivity contribution in [1.82, 2.24) is 4.31 Å². The van der Waals surface area contributed by atoms with Gasteiger partial charge in [0, 0.05) is 23.8 Å². The molecule has 0 fully saturated rings. The van der Waals surface area contributed by atoms with Crippen LogP contribution in [0.3, 0.4) is 0 Å². The molecule has 0 amide bonds. The SMILES string of the molecule is CN(Cc1ccc(N)cc1)S(=O)(=O)c1cccc(Br)c1. The third kappa shape index (κ3) is 3.39. The Morgan fingerprint density at radius 1 is 1.15 bits per heavy atom. The highest BCUT2D eigenvalue weighted by molar-refractivity contribution is 9.10. The molecule has 0 atom stereocenters. The number of hydrogen-bond acceptors (Lipinski definition) is 3. The van der Waals surface area contributed by atoms with Crippen LogP contribution < -0.4 is 5.73 Å². The van der Waals surface area contributed by atoms with Crippen molar-refractivity contribution in [3.8, 4) is 0 Å². The summed E-state index contributed by atoms with van der Waals surface area (Å²) in [6.07, 6.45) is 0. The summed E-state index contributed by atoms with van der Waals surface area (Å²) in [6, 6.07) is 13.8. The summed E-state index contributed by atoms with van der Waals surface area (Å²) in [5.74, 6) is 0. The lowest BCUT2D eigenvalue weighted by Gasteiger charge is -2.17. The van der Waals surface area contributed by atoms with Gasteiger partial charge in [0.2, 0.25) is 10.0 Å². The molecule has 0 aromatic heterocycles. The van der Waals surface area contributed by atoms with Crippen LogP contribution in [0.4, 0.5) is 5.69 Å². The van der Waals surface area contributed by atoms with Gasteiger partial charge in [-0.1, -0.05) is 34.1 Å². The van der Waals surface area contributed by atoms with E-state index in [1.807, 2.05) is 12.1 Å². The fraction of sp³-hybridized carbons (Fsp3) is 0.143. The zero-order valence-electron chi connectivity index (χ0n) is 11.0. The van der Waals surface area contributed by atoms with Gasteiger partial charge in [-0.2, -0.15) is 4.31 Å². The molecule has 0 aliphatic heterocycles. The highest BCUT2D eigenvalue weighted by Gasteiger charge is 2.20. The molecule has 0 aliphatic rings. The third-order valence-corrected chi connectivity index (χ3v) is 5.18. The van der Waals surface area contributed by atoms with Crippen molar-refractivity contribution < 1.29 is 8.42 Å². The molecule has 2 aromatic rings. The Morgan fingerprint density at radius 2 is 1.80 bits per heavy atom. The molecule has 0 saturated carbocycles. The Labute approximate surface area is 127 Å². The van der Waals surface area contributed by atoms with Gasteiger partial charge >= 0.3 is 0 Å². The monoisotopic (exact) mass is 354 g/mol. The molecule has 0 radical (unpaired) electrons. The Bertz CT molecular complexity index is 699. The Balaban J connectivity index is 2.23. The van der Waals surface area contributed by atoms with E-state index in [2.05, 4.69) is 15.9 Å². The molecule has 106 valence electrons. The summed E-state index contributed by atoms with van der Waals surface area (Å²) < 4.78 is 26.9. The molecule has 0 saturated heterocycles. The number of rotatable bonds is 4. The maximum Gasteiger partial charge on any atom is 0.243 e. The first-order valence-corrected chi connectivity index (χ1v) is 8.19. The maximum atomic E-state index is 12.4. The van der Waals surface area contributed by atoms with Crippen molar-refractivity contribution in [3.05, 3.63) is 58.6 Å². The van der Waals surface area contributed by atoms with Crippen LogP contribution in [0.1, 0.15) is 5.56 Å². The molecule has 0 aliphatic carbocycles. The van der Waals surface area contributed by atoms with Crippen LogP contribution in [0.5, 0.6) is 0 Å². The minimum atomic E-state index is -3.50. The number of anilines is 1. The third-order valence-electron chi connectivity index (χ3n) is 2.89. The highest BCUT2D eigenvalue weighted by Crippen LogP contribution is 2.20. The number of nitrogens with zero attached hydrogens (tertiary/aromatic N) is 1. The lowest BCUT2D eigenvalue weighted by molar-refractivity contribution is 0.466. The summed E-state index contributed by atoms with van der Waals surface area (Å²) in [7, 11) is -1.94. The Morgan fingerprint density at radius 3 is 2.40 bits per heavy atom. The average molecular weight is 355 g/mol. The van der Waals surface area contributed by atoms with Gasteiger partial charge in [0.15, 0.2) is 0 Å². The molecule has 0 spiro atoms. The van der Waals surface area contributed by atoms with Gasteiger partial charge in [0.25, 0.3) is 0 Å². The number of sulfonamides is 1. The van der Waals surface area contributed by atoms with E-state index in [0.717, 1.165) is 10.0 Å². The van der Waals surface area contributed by atoms with Crippen LogP contribution in [-0.4, -0.2) is 19.8 Å². The summed E-state index contributed by atoms with van der Waals surface area (Å²) in [5.41, 5.74) is 7.16. The molecule has 6 heteroatoms. The quantitative estimate of drug-likeness (QED) is 0.858. The lowest BCUT2D eigenvalue weighted by Crippen LogP contribution is -2.26. The highest BCUT2D eigenvalue weighted by atomic mass is 79.9. The minimum Gasteiger partial charge on any atom is -0.399 e. The average Bonchev–Trinajstić information content (AvgIpc) is 2.41. The van der Waals surface area contributed by atoms with Gasteiger partial charge in [0.1, 0.15) is 0 Å². The van der Waals surface area contributed by atoms with Crippen LogP contribution in [0.25, 0.3) is 0 Å². The predicted octanol–water partition coefficient (Wildman–Crippen LogP) is 2.85. The van der Waals surface area contributed by atoms with Gasteiger partial charge in [-0.3, -0.25) is 0 Å². The van der Waals surface area contributed by atoms with E-state index < -0.39 is 10.0 Å². The van der Waals surface area contributed by atoms with E-state index in [1.165, 1.54) is 4.31 Å². The minimum absolute atomic E-state index is 0.268. The van der Waals surface area contributed by atoms with Gasteiger partial charge in [-0.15, -0.1) is 0 Å². The molecular weight excluding hydrogens is 340 g/mol. The van der Waals surface area contributed by atoms with Crippen LogP contribution >= 0.6 is 15.9 Å². The Kier molecular flexibility index (Phi) is 4.47. The van der Waals surface area contributed by atoms with Crippen molar-refractivity contribution in [1.29, 1.82) is 0 Å². The second kappa shape index (κ2) is 5.95.